The van der Waals surface area contributed by atoms with Gasteiger partial charge >= 0.3 is 5.97 Å². The summed E-state index contributed by atoms with van der Waals surface area (Å²) in [5, 5.41) is 9.42. The Balaban J connectivity index is 3.08. The van der Waals surface area contributed by atoms with Gasteiger partial charge in [0.1, 0.15) is 5.75 Å². The molecule has 0 spiro atoms. The summed E-state index contributed by atoms with van der Waals surface area (Å²) in [6.45, 7) is 5.70. The first kappa shape index (κ1) is 14.5. The fraction of sp³-hybridized carbons (Fsp3) is 0.571. The van der Waals surface area contributed by atoms with Crippen LogP contribution in [0.25, 0.3) is 0 Å². The van der Waals surface area contributed by atoms with Crippen LogP contribution in [0, 0.1) is 12.3 Å². The number of pyridine rings is 1. The Hall–Kier alpha value is -1.58. The van der Waals surface area contributed by atoms with Crippen LogP contribution in [0.3, 0.4) is 0 Å². The first-order chi connectivity index (χ1) is 8.47. The Labute approximate surface area is 108 Å². The number of nitrogens with zero attached hydrogens (tertiary/aromatic N) is 1. The van der Waals surface area contributed by atoms with E-state index in [1.165, 1.54) is 0 Å². The summed E-state index contributed by atoms with van der Waals surface area (Å²) in [5.41, 5.74) is 0.889. The second-order valence-corrected chi connectivity index (χ2v) is 4.61. The van der Waals surface area contributed by atoms with Crippen LogP contribution in [0.15, 0.2) is 12.1 Å². The van der Waals surface area contributed by atoms with E-state index in [1.807, 2.05) is 32.9 Å². The molecule has 0 aliphatic carbocycles. The van der Waals surface area contributed by atoms with Crippen molar-refractivity contribution in [3.05, 3.63) is 23.5 Å². The van der Waals surface area contributed by atoms with Gasteiger partial charge in [-0.25, -0.2) is 0 Å². The summed E-state index contributed by atoms with van der Waals surface area (Å²) in [5.74, 6) is -0.0289. The quantitative estimate of drug-likeness (QED) is 0.844. The van der Waals surface area contributed by atoms with Crippen molar-refractivity contribution >= 4 is 5.97 Å². The van der Waals surface area contributed by atoms with Crippen LogP contribution >= 0.6 is 0 Å². The van der Waals surface area contributed by atoms with E-state index in [9.17, 15) is 9.90 Å². The van der Waals surface area contributed by atoms with Gasteiger partial charge in [-0.2, -0.15) is 0 Å². The number of carboxylic acids is 1. The maximum absolute atomic E-state index is 11.5. The van der Waals surface area contributed by atoms with Crippen LogP contribution in [-0.2, 0) is 11.2 Å². The number of carboxylic acid groups (broad SMARTS) is 1. The number of methoxy groups -OCH3 is 1. The first-order valence-electron chi connectivity index (χ1n) is 6.22. The second kappa shape index (κ2) is 5.85. The zero-order valence-electron chi connectivity index (χ0n) is 11.5. The van der Waals surface area contributed by atoms with Crippen LogP contribution in [0.1, 0.15) is 38.1 Å². The summed E-state index contributed by atoms with van der Waals surface area (Å²) in [6, 6.07) is 3.65. The van der Waals surface area contributed by atoms with Crippen molar-refractivity contribution in [3.8, 4) is 5.75 Å². The van der Waals surface area contributed by atoms with Gasteiger partial charge in [0.25, 0.3) is 0 Å². The first-order valence-corrected chi connectivity index (χ1v) is 6.22. The lowest BCUT2D eigenvalue weighted by Gasteiger charge is -2.26. The summed E-state index contributed by atoms with van der Waals surface area (Å²) in [4.78, 5) is 15.9. The van der Waals surface area contributed by atoms with Crippen molar-refractivity contribution in [1.82, 2.24) is 4.98 Å². The highest BCUT2D eigenvalue weighted by Crippen LogP contribution is 2.31. The molecule has 100 valence electrons. The summed E-state index contributed by atoms with van der Waals surface area (Å²) in [7, 11) is 1.60. The molecule has 0 aromatic carbocycles. The third-order valence-corrected chi connectivity index (χ3v) is 3.54. The molecule has 0 saturated carbocycles. The fourth-order valence-corrected chi connectivity index (χ4v) is 2.14. The molecular formula is C14H21NO3. The predicted octanol–water partition coefficient (Wildman–Crippen LogP) is 2.83. The van der Waals surface area contributed by atoms with Gasteiger partial charge in [0.15, 0.2) is 0 Å². The van der Waals surface area contributed by atoms with Crippen molar-refractivity contribution in [1.29, 1.82) is 0 Å². The van der Waals surface area contributed by atoms with Crippen molar-refractivity contribution in [2.75, 3.05) is 7.11 Å². The van der Waals surface area contributed by atoms with E-state index in [0.717, 1.165) is 17.1 Å². The van der Waals surface area contributed by atoms with E-state index in [4.69, 9.17) is 4.74 Å². The van der Waals surface area contributed by atoms with E-state index in [1.54, 1.807) is 7.11 Å². The third kappa shape index (κ3) is 3.00. The molecule has 0 unspecified atom stereocenters. The smallest absolute Gasteiger partial charge is 0.310 e. The number of carbonyl (C=O) groups is 1. The molecule has 1 rings (SSSR count). The molecule has 0 saturated heterocycles. The number of rotatable bonds is 6. The lowest BCUT2D eigenvalue weighted by molar-refractivity contribution is -0.149. The van der Waals surface area contributed by atoms with E-state index in [0.29, 0.717) is 19.3 Å². The SMILES string of the molecule is CCC(CC)(Cc1cc(OC)cc(C)n1)C(=O)O. The topological polar surface area (TPSA) is 59.4 Å². The fourth-order valence-electron chi connectivity index (χ4n) is 2.14. The minimum atomic E-state index is -0.755. The molecule has 18 heavy (non-hydrogen) atoms. The van der Waals surface area contributed by atoms with Gasteiger partial charge in [0, 0.05) is 29.9 Å². The van der Waals surface area contributed by atoms with Crippen molar-refractivity contribution in [3.63, 3.8) is 0 Å². The van der Waals surface area contributed by atoms with E-state index in [2.05, 4.69) is 4.98 Å². The zero-order chi connectivity index (χ0) is 13.8. The molecule has 0 radical (unpaired) electrons. The van der Waals surface area contributed by atoms with E-state index >= 15 is 0 Å². The van der Waals surface area contributed by atoms with Crippen LogP contribution < -0.4 is 4.74 Å². The monoisotopic (exact) mass is 251 g/mol. The number of aryl methyl sites for hydroxylation is 1. The van der Waals surface area contributed by atoms with Gasteiger partial charge in [-0.15, -0.1) is 0 Å². The molecular weight excluding hydrogens is 230 g/mol. The van der Waals surface area contributed by atoms with Gasteiger partial charge in [0.2, 0.25) is 0 Å². The van der Waals surface area contributed by atoms with Crippen molar-refractivity contribution in [2.24, 2.45) is 5.41 Å². The largest absolute Gasteiger partial charge is 0.497 e. The highest BCUT2D eigenvalue weighted by molar-refractivity contribution is 5.74. The molecule has 1 aromatic heterocycles. The van der Waals surface area contributed by atoms with Crippen molar-refractivity contribution in [2.45, 2.75) is 40.0 Å². The molecule has 1 heterocycles. The molecule has 1 N–H and O–H groups in total. The average Bonchev–Trinajstić information content (AvgIpc) is 2.35. The number of hydrogen-bond donors (Lipinski definition) is 1. The van der Waals surface area contributed by atoms with E-state index < -0.39 is 11.4 Å². The third-order valence-electron chi connectivity index (χ3n) is 3.54. The maximum atomic E-state index is 11.5. The van der Waals surface area contributed by atoms with Crippen LogP contribution in [0.4, 0.5) is 0 Å². The van der Waals surface area contributed by atoms with Crippen molar-refractivity contribution < 1.29 is 14.6 Å². The Morgan fingerprint density at radius 3 is 2.44 bits per heavy atom. The lowest BCUT2D eigenvalue weighted by atomic mass is 9.78. The molecule has 0 atom stereocenters. The van der Waals surface area contributed by atoms with Gasteiger partial charge < -0.3 is 9.84 Å². The second-order valence-electron chi connectivity index (χ2n) is 4.61. The lowest BCUT2D eigenvalue weighted by Crippen LogP contribution is -2.32. The minimum absolute atomic E-state index is 0.438. The molecule has 0 amide bonds. The zero-order valence-corrected chi connectivity index (χ0v) is 11.5. The molecule has 0 fully saturated rings. The average molecular weight is 251 g/mol. The van der Waals surface area contributed by atoms with Crippen LogP contribution in [0.5, 0.6) is 5.75 Å². The number of aliphatic carboxylic acids is 1. The number of hydrogen-bond acceptors (Lipinski definition) is 3. The van der Waals surface area contributed by atoms with E-state index in [-0.39, 0.29) is 0 Å². The molecule has 0 aliphatic heterocycles. The van der Waals surface area contributed by atoms with Gasteiger partial charge in [0.05, 0.1) is 12.5 Å². The summed E-state index contributed by atoms with van der Waals surface area (Å²) < 4.78 is 5.19. The van der Waals surface area contributed by atoms with Gasteiger partial charge in [-0.1, -0.05) is 13.8 Å². The molecule has 0 bridgehead atoms. The predicted molar refractivity (Wildman–Crippen MR) is 69.9 cm³/mol. The standard InChI is InChI=1S/C14H21NO3/c1-5-14(6-2,13(16)17)9-11-8-12(18-4)7-10(3)15-11/h7-8H,5-6,9H2,1-4H3,(H,16,17). The summed E-state index contributed by atoms with van der Waals surface area (Å²) >= 11 is 0. The van der Waals surface area contributed by atoms with Gasteiger partial charge in [-0.3, -0.25) is 9.78 Å². The van der Waals surface area contributed by atoms with Crippen LogP contribution in [-0.4, -0.2) is 23.2 Å². The highest BCUT2D eigenvalue weighted by atomic mass is 16.5. The number of aromatic nitrogens is 1. The summed E-state index contributed by atoms with van der Waals surface area (Å²) in [6.07, 6.45) is 1.63. The minimum Gasteiger partial charge on any atom is -0.497 e. The normalized spacial score (nSPS) is 11.3. The maximum Gasteiger partial charge on any atom is 0.310 e. The Bertz CT molecular complexity index is 425. The molecule has 4 heteroatoms. The highest BCUT2D eigenvalue weighted by Gasteiger charge is 2.35. The number of ether oxygens (including phenoxy) is 1. The molecule has 4 nitrogen and oxygen atoms in total. The Morgan fingerprint density at radius 1 is 1.39 bits per heavy atom. The Kier molecular flexibility index (Phi) is 4.70. The Morgan fingerprint density at radius 2 is 2.00 bits per heavy atom. The van der Waals surface area contributed by atoms with Crippen LogP contribution in [0.2, 0.25) is 0 Å². The molecule has 1 aromatic rings. The molecule has 0 aliphatic rings. The van der Waals surface area contributed by atoms with Gasteiger partial charge in [-0.05, 0) is 19.8 Å².